The molecule has 0 aliphatic carbocycles. The number of aromatic nitrogens is 2. The molecule has 5 aromatic carbocycles. The zero-order chi connectivity index (χ0) is 30.3. The maximum Gasteiger partial charge on any atom is 0.145 e. The molecule has 1 aliphatic rings. The van der Waals surface area contributed by atoms with Gasteiger partial charge in [0, 0.05) is 34.6 Å². The predicted molar refractivity (Wildman–Crippen MR) is 187 cm³/mol. The van der Waals surface area contributed by atoms with Crippen LogP contribution in [-0.2, 0) is 0 Å². The largest absolute Gasteiger partial charge is 0.360 e. The highest BCUT2D eigenvalue weighted by Gasteiger charge is 2.20. The lowest BCUT2D eigenvalue weighted by Gasteiger charge is -2.25. The molecule has 0 bridgehead atoms. The Kier molecular flexibility index (Phi) is 6.61. The first-order valence-electron chi connectivity index (χ1n) is 15.3. The molecule has 2 aromatic heterocycles. The molecule has 4 nitrogen and oxygen atoms in total. The summed E-state index contributed by atoms with van der Waals surface area (Å²) in [6.45, 7) is 4.32. The molecule has 7 aromatic rings. The lowest BCUT2D eigenvalue weighted by atomic mass is 9.99. The molecular formula is C41H32N4. The van der Waals surface area contributed by atoms with E-state index in [1.165, 1.54) is 32.9 Å². The van der Waals surface area contributed by atoms with E-state index in [4.69, 9.17) is 4.99 Å². The van der Waals surface area contributed by atoms with Gasteiger partial charge >= 0.3 is 0 Å². The average molecular weight is 581 g/mol. The molecule has 45 heavy (non-hydrogen) atoms. The molecule has 0 saturated heterocycles. The van der Waals surface area contributed by atoms with Gasteiger partial charge in [-0.3, -0.25) is 9.98 Å². The van der Waals surface area contributed by atoms with Gasteiger partial charge in [-0.1, -0.05) is 90.0 Å². The van der Waals surface area contributed by atoms with Gasteiger partial charge < -0.3 is 9.88 Å². The summed E-state index contributed by atoms with van der Waals surface area (Å²) in [6, 6.07) is 45.5. The second-order valence-electron chi connectivity index (χ2n) is 11.8. The number of aryl methyl sites for hydroxylation is 2. The number of hydrogen-bond acceptors (Lipinski definition) is 3. The summed E-state index contributed by atoms with van der Waals surface area (Å²) >= 11 is 0. The van der Waals surface area contributed by atoms with Crippen molar-refractivity contribution in [2.75, 3.05) is 0 Å². The number of pyridine rings is 1. The minimum atomic E-state index is -0.190. The number of nitrogens with zero attached hydrogens (tertiary/aromatic N) is 3. The van der Waals surface area contributed by atoms with Crippen LogP contribution in [0, 0.1) is 13.8 Å². The van der Waals surface area contributed by atoms with Crippen molar-refractivity contribution in [1.29, 1.82) is 0 Å². The normalized spacial score (nSPS) is 14.7. The highest BCUT2D eigenvalue weighted by molar-refractivity contribution is 6.13. The number of fused-ring (bicyclic) bond motifs is 3. The van der Waals surface area contributed by atoms with Crippen LogP contribution in [0.15, 0.2) is 151 Å². The number of allylic oxidation sites excluding steroid dienone is 1. The summed E-state index contributed by atoms with van der Waals surface area (Å²) in [5.74, 6) is 0. The summed E-state index contributed by atoms with van der Waals surface area (Å²) in [4.78, 5) is 9.35. The van der Waals surface area contributed by atoms with Crippen LogP contribution in [0.1, 0.15) is 34.0 Å². The molecule has 1 aliphatic heterocycles. The fraction of sp³-hybridized carbons (Fsp3) is 0.0732. The summed E-state index contributed by atoms with van der Waals surface area (Å²) in [7, 11) is 0. The Balaban J connectivity index is 1.19. The van der Waals surface area contributed by atoms with Crippen LogP contribution in [0.4, 0.5) is 0 Å². The Labute approximate surface area is 263 Å². The van der Waals surface area contributed by atoms with E-state index in [2.05, 4.69) is 144 Å². The second-order valence-corrected chi connectivity index (χ2v) is 11.8. The molecule has 0 spiro atoms. The van der Waals surface area contributed by atoms with Crippen LogP contribution in [0.5, 0.6) is 0 Å². The molecule has 1 N–H and O–H groups in total. The van der Waals surface area contributed by atoms with Gasteiger partial charge in [-0.2, -0.15) is 0 Å². The van der Waals surface area contributed by atoms with E-state index in [9.17, 15) is 0 Å². The van der Waals surface area contributed by atoms with E-state index in [-0.39, 0.29) is 6.17 Å². The Bertz CT molecular complexity index is 2170. The molecule has 1 unspecified atom stereocenters. The topological polar surface area (TPSA) is 42.2 Å². The van der Waals surface area contributed by atoms with Crippen molar-refractivity contribution in [2.45, 2.75) is 20.0 Å². The predicted octanol–water partition coefficient (Wildman–Crippen LogP) is 9.59. The van der Waals surface area contributed by atoms with Gasteiger partial charge in [0.1, 0.15) is 6.17 Å². The molecule has 4 heteroatoms. The Morgan fingerprint density at radius 3 is 1.80 bits per heavy atom. The van der Waals surface area contributed by atoms with Crippen molar-refractivity contribution < 1.29 is 0 Å². The standard InChI is InChI=1S/C41H32N4/c1-27-8-18-39-35(24-27)36-25-28(2)9-19-40(36)45(39)34-16-14-32(15-17-34)38-26-37(43-41(44-38)33-6-4-3-5-7-33)31-12-10-29(11-13-31)30-20-22-42-23-21-30/h3-26,41,43H,1-2H3. The smallest absolute Gasteiger partial charge is 0.145 e. The molecule has 3 heterocycles. The van der Waals surface area contributed by atoms with Crippen LogP contribution >= 0.6 is 0 Å². The van der Waals surface area contributed by atoms with Gasteiger partial charge in [0.25, 0.3) is 0 Å². The molecule has 0 fully saturated rings. The first-order valence-corrected chi connectivity index (χ1v) is 15.3. The van der Waals surface area contributed by atoms with E-state index in [0.717, 1.165) is 44.9 Å². The van der Waals surface area contributed by atoms with Crippen molar-refractivity contribution in [3.8, 4) is 16.8 Å². The summed E-state index contributed by atoms with van der Waals surface area (Å²) < 4.78 is 2.37. The number of hydrogen-bond donors (Lipinski definition) is 1. The van der Waals surface area contributed by atoms with Crippen molar-refractivity contribution >= 4 is 33.2 Å². The van der Waals surface area contributed by atoms with Gasteiger partial charge in [0.2, 0.25) is 0 Å². The number of rotatable bonds is 5. The summed E-state index contributed by atoms with van der Waals surface area (Å²) in [5, 5.41) is 6.26. The number of benzene rings is 5. The fourth-order valence-corrected chi connectivity index (χ4v) is 6.35. The SMILES string of the molecule is Cc1ccc2c(c1)c1cc(C)ccc1n2-c1ccc(C2=NC(c3ccccc3)NC(c3ccc(-c4ccncc4)cc3)=C2)cc1. The zero-order valence-corrected chi connectivity index (χ0v) is 25.3. The number of nitrogens with one attached hydrogen (secondary N) is 1. The molecule has 0 amide bonds. The van der Waals surface area contributed by atoms with Crippen LogP contribution in [-0.4, -0.2) is 15.3 Å². The number of aliphatic imine (C=N–C) groups is 1. The van der Waals surface area contributed by atoms with Crippen LogP contribution < -0.4 is 5.32 Å². The van der Waals surface area contributed by atoms with Gasteiger partial charge in [0.15, 0.2) is 0 Å². The quantitative estimate of drug-likeness (QED) is 0.220. The van der Waals surface area contributed by atoms with Gasteiger partial charge in [-0.05, 0) is 96.3 Å². The molecule has 216 valence electrons. The summed E-state index contributed by atoms with van der Waals surface area (Å²) in [5.41, 5.74) is 13.8. The van der Waals surface area contributed by atoms with Crippen molar-refractivity contribution in [3.63, 3.8) is 0 Å². The average Bonchev–Trinajstić information content (AvgIpc) is 3.41. The van der Waals surface area contributed by atoms with E-state index in [1.807, 2.05) is 30.6 Å². The van der Waals surface area contributed by atoms with Crippen LogP contribution in [0.3, 0.4) is 0 Å². The zero-order valence-electron chi connectivity index (χ0n) is 25.3. The Morgan fingerprint density at radius 2 is 1.16 bits per heavy atom. The monoisotopic (exact) mass is 580 g/mol. The third-order valence-corrected chi connectivity index (χ3v) is 8.66. The molecular weight excluding hydrogens is 548 g/mol. The van der Waals surface area contributed by atoms with Crippen molar-refractivity contribution in [3.05, 3.63) is 174 Å². The lowest BCUT2D eigenvalue weighted by molar-refractivity contribution is 0.664. The fourth-order valence-electron chi connectivity index (χ4n) is 6.35. The van der Waals surface area contributed by atoms with E-state index in [0.29, 0.717) is 0 Å². The molecule has 1 atom stereocenters. The third-order valence-electron chi connectivity index (χ3n) is 8.66. The molecule has 8 rings (SSSR count). The van der Waals surface area contributed by atoms with Crippen LogP contribution in [0.25, 0.3) is 44.3 Å². The minimum Gasteiger partial charge on any atom is -0.360 e. The van der Waals surface area contributed by atoms with Gasteiger partial charge in [0.05, 0.1) is 16.7 Å². The van der Waals surface area contributed by atoms with Crippen molar-refractivity contribution in [2.24, 2.45) is 4.99 Å². The lowest BCUT2D eigenvalue weighted by Crippen LogP contribution is -2.24. The highest BCUT2D eigenvalue weighted by Crippen LogP contribution is 2.34. The van der Waals surface area contributed by atoms with Gasteiger partial charge in [-0.15, -0.1) is 0 Å². The van der Waals surface area contributed by atoms with E-state index >= 15 is 0 Å². The first kappa shape index (κ1) is 26.9. The Morgan fingerprint density at radius 1 is 0.578 bits per heavy atom. The van der Waals surface area contributed by atoms with Crippen molar-refractivity contribution in [1.82, 2.24) is 14.9 Å². The third kappa shape index (κ3) is 5.00. The highest BCUT2D eigenvalue weighted by atomic mass is 15.1. The molecule has 0 radical (unpaired) electrons. The maximum atomic E-state index is 5.19. The maximum absolute atomic E-state index is 5.19. The Hall–Kier alpha value is -5.74. The van der Waals surface area contributed by atoms with E-state index < -0.39 is 0 Å². The van der Waals surface area contributed by atoms with Crippen LogP contribution in [0.2, 0.25) is 0 Å². The molecule has 0 saturated carbocycles. The minimum absolute atomic E-state index is 0.190. The van der Waals surface area contributed by atoms with E-state index in [1.54, 1.807) is 0 Å². The first-order chi connectivity index (χ1) is 22.1. The second kappa shape index (κ2) is 11.1. The summed E-state index contributed by atoms with van der Waals surface area (Å²) in [6.07, 6.45) is 5.64. The van der Waals surface area contributed by atoms with Gasteiger partial charge in [-0.25, -0.2) is 0 Å².